The Labute approximate surface area is 119 Å². The molecule has 21 heavy (non-hydrogen) atoms. The number of hydrogen-bond acceptors (Lipinski definition) is 2. The summed E-state index contributed by atoms with van der Waals surface area (Å²) in [7, 11) is 0. The maximum Gasteiger partial charge on any atom is 0.416 e. The third-order valence-electron chi connectivity index (χ3n) is 3.21. The van der Waals surface area contributed by atoms with Gasteiger partial charge >= 0.3 is 6.18 Å². The minimum absolute atomic E-state index is 0.0780. The normalized spacial score (nSPS) is 13.2. The van der Waals surface area contributed by atoms with E-state index in [1.165, 1.54) is 30.3 Å². The molecule has 0 aliphatic heterocycles. The average molecular weight is 298 g/mol. The summed E-state index contributed by atoms with van der Waals surface area (Å²) in [4.78, 5) is 0. The Morgan fingerprint density at radius 2 is 1.71 bits per heavy atom. The Morgan fingerprint density at radius 1 is 1.05 bits per heavy atom. The standard InChI is InChI=1S/C15H14F4N2/c1-9-6-7-13(16)11(8-9)14(21-20)10-4-2-3-5-12(10)15(17,18)19/h2-8,14,21H,20H2,1H3. The van der Waals surface area contributed by atoms with Gasteiger partial charge < -0.3 is 0 Å². The van der Waals surface area contributed by atoms with Crippen molar-refractivity contribution in [2.45, 2.75) is 19.1 Å². The maximum atomic E-state index is 13.9. The van der Waals surface area contributed by atoms with Crippen LogP contribution in [0.1, 0.15) is 28.3 Å². The molecule has 3 N–H and O–H groups in total. The molecular weight excluding hydrogens is 284 g/mol. The minimum Gasteiger partial charge on any atom is -0.271 e. The zero-order valence-corrected chi connectivity index (χ0v) is 11.2. The number of hydrogen-bond donors (Lipinski definition) is 2. The Kier molecular flexibility index (Phi) is 4.29. The fourth-order valence-corrected chi connectivity index (χ4v) is 2.24. The quantitative estimate of drug-likeness (QED) is 0.515. The van der Waals surface area contributed by atoms with E-state index < -0.39 is 23.6 Å². The summed E-state index contributed by atoms with van der Waals surface area (Å²) in [6, 6.07) is 8.14. The van der Waals surface area contributed by atoms with Crippen LogP contribution in [0, 0.1) is 12.7 Å². The molecule has 0 radical (unpaired) electrons. The van der Waals surface area contributed by atoms with Gasteiger partial charge in [-0.05, 0) is 24.6 Å². The van der Waals surface area contributed by atoms with Gasteiger partial charge in [-0.3, -0.25) is 5.84 Å². The molecule has 0 aliphatic rings. The predicted molar refractivity (Wildman–Crippen MR) is 71.7 cm³/mol. The van der Waals surface area contributed by atoms with E-state index in [4.69, 9.17) is 5.84 Å². The molecule has 1 unspecified atom stereocenters. The van der Waals surface area contributed by atoms with Crippen LogP contribution in [0.4, 0.5) is 17.6 Å². The summed E-state index contributed by atoms with van der Waals surface area (Å²) in [6.45, 7) is 1.73. The largest absolute Gasteiger partial charge is 0.416 e. The Bertz CT molecular complexity index is 638. The fourth-order valence-electron chi connectivity index (χ4n) is 2.24. The van der Waals surface area contributed by atoms with Crippen LogP contribution in [0.25, 0.3) is 0 Å². The summed E-state index contributed by atoms with van der Waals surface area (Å²) < 4.78 is 53.2. The molecule has 2 aromatic rings. The minimum atomic E-state index is -4.54. The summed E-state index contributed by atoms with van der Waals surface area (Å²) >= 11 is 0. The highest BCUT2D eigenvalue weighted by molar-refractivity contribution is 5.40. The Balaban J connectivity index is 2.60. The summed E-state index contributed by atoms with van der Waals surface area (Å²) in [5.74, 6) is 4.77. The highest BCUT2D eigenvalue weighted by Gasteiger charge is 2.35. The van der Waals surface area contributed by atoms with Crippen LogP contribution in [0.15, 0.2) is 42.5 Å². The van der Waals surface area contributed by atoms with E-state index in [9.17, 15) is 17.6 Å². The van der Waals surface area contributed by atoms with Gasteiger partial charge in [-0.1, -0.05) is 35.9 Å². The number of nitrogens with one attached hydrogen (secondary N) is 1. The monoisotopic (exact) mass is 298 g/mol. The first-order valence-corrected chi connectivity index (χ1v) is 6.23. The third kappa shape index (κ3) is 3.22. The molecule has 6 heteroatoms. The molecule has 0 saturated heterocycles. The van der Waals surface area contributed by atoms with E-state index in [1.54, 1.807) is 13.0 Å². The average Bonchev–Trinajstić information content (AvgIpc) is 2.43. The lowest BCUT2D eigenvalue weighted by atomic mass is 9.93. The summed E-state index contributed by atoms with van der Waals surface area (Å²) in [6.07, 6.45) is -4.54. The van der Waals surface area contributed by atoms with Crippen molar-refractivity contribution in [1.82, 2.24) is 5.43 Å². The van der Waals surface area contributed by atoms with Gasteiger partial charge in [0.25, 0.3) is 0 Å². The lowest BCUT2D eigenvalue weighted by molar-refractivity contribution is -0.138. The van der Waals surface area contributed by atoms with Crippen molar-refractivity contribution >= 4 is 0 Å². The number of rotatable bonds is 3. The van der Waals surface area contributed by atoms with Crippen molar-refractivity contribution in [1.29, 1.82) is 0 Å². The van der Waals surface area contributed by atoms with Crippen LogP contribution >= 0.6 is 0 Å². The number of hydrazine groups is 1. The van der Waals surface area contributed by atoms with E-state index in [2.05, 4.69) is 5.43 Å². The van der Waals surface area contributed by atoms with Crippen molar-refractivity contribution < 1.29 is 17.6 Å². The lowest BCUT2D eigenvalue weighted by Crippen LogP contribution is -2.31. The molecule has 0 saturated carbocycles. The van der Waals surface area contributed by atoms with Crippen LogP contribution in [-0.4, -0.2) is 0 Å². The van der Waals surface area contributed by atoms with Gasteiger partial charge in [-0.2, -0.15) is 13.2 Å². The number of alkyl halides is 3. The van der Waals surface area contributed by atoms with E-state index >= 15 is 0 Å². The van der Waals surface area contributed by atoms with Crippen molar-refractivity contribution in [3.05, 3.63) is 70.5 Å². The first-order chi connectivity index (χ1) is 9.84. The number of benzene rings is 2. The van der Waals surface area contributed by atoms with Gasteiger partial charge in [0.1, 0.15) is 5.82 Å². The molecule has 2 rings (SSSR count). The van der Waals surface area contributed by atoms with Crippen molar-refractivity contribution in [3.63, 3.8) is 0 Å². The summed E-state index contributed by atoms with van der Waals surface area (Å²) in [5, 5.41) is 0. The molecule has 0 fully saturated rings. The van der Waals surface area contributed by atoms with Crippen LogP contribution in [-0.2, 0) is 6.18 Å². The molecule has 0 bridgehead atoms. The van der Waals surface area contributed by atoms with Crippen LogP contribution in [0.3, 0.4) is 0 Å². The molecule has 1 atom stereocenters. The molecule has 2 nitrogen and oxygen atoms in total. The Hall–Kier alpha value is -1.92. The second-order valence-electron chi connectivity index (χ2n) is 4.71. The fraction of sp³-hybridized carbons (Fsp3) is 0.200. The SMILES string of the molecule is Cc1ccc(F)c(C(NN)c2ccccc2C(F)(F)F)c1. The molecule has 112 valence electrons. The number of aryl methyl sites for hydroxylation is 1. The molecule has 0 aromatic heterocycles. The van der Waals surface area contributed by atoms with Crippen molar-refractivity contribution in [3.8, 4) is 0 Å². The highest BCUT2D eigenvalue weighted by Crippen LogP contribution is 2.36. The molecule has 2 aromatic carbocycles. The summed E-state index contributed by atoms with van der Waals surface area (Å²) in [5.41, 5.74) is 2.13. The Morgan fingerprint density at radius 3 is 2.33 bits per heavy atom. The van der Waals surface area contributed by atoms with Crippen molar-refractivity contribution in [2.75, 3.05) is 0 Å². The second-order valence-corrected chi connectivity index (χ2v) is 4.71. The second kappa shape index (κ2) is 5.83. The third-order valence-corrected chi connectivity index (χ3v) is 3.21. The number of nitrogens with two attached hydrogens (primary N) is 1. The van der Waals surface area contributed by atoms with E-state index in [0.29, 0.717) is 0 Å². The van der Waals surface area contributed by atoms with Gasteiger partial charge in [0.05, 0.1) is 11.6 Å². The molecule has 0 aliphatic carbocycles. The van der Waals surface area contributed by atoms with Crippen LogP contribution in [0.5, 0.6) is 0 Å². The van der Waals surface area contributed by atoms with Crippen LogP contribution < -0.4 is 11.3 Å². The van der Waals surface area contributed by atoms with Crippen LogP contribution in [0.2, 0.25) is 0 Å². The van der Waals surface area contributed by atoms with Crippen molar-refractivity contribution in [2.24, 2.45) is 5.84 Å². The van der Waals surface area contributed by atoms with Gasteiger partial charge in [0.15, 0.2) is 0 Å². The highest BCUT2D eigenvalue weighted by atomic mass is 19.4. The van der Waals surface area contributed by atoms with E-state index in [-0.39, 0.29) is 11.1 Å². The first kappa shape index (κ1) is 15.5. The lowest BCUT2D eigenvalue weighted by Gasteiger charge is -2.22. The zero-order valence-electron chi connectivity index (χ0n) is 11.2. The van der Waals surface area contributed by atoms with Gasteiger partial charge in [0, 0.05) is 5.56 Å². The van der Waals surface area contributed by atoms with E-state index in [0.717, 1.165) is 11.6 Å². The van der Waals surface area contributed by atoms with Gasteiger partial charge in [-0.15, -0.1) is 0 Å². The topological polar surface area (TPSA) is 38.0 Å². The van der Waals surface area contributed by atoms with Gasteiger partial charge in [0.2, 0.25) is 0 Å². The number of halogens is 4. The maximum absolute atomic E-state index is 13.9. The molecular formula is C15H14F4N2. The molecule has 0 amide bonds. The van der Waals surface area contributed by atoms with E-state index in [1.807, 2.05) is 0 Å². The molecule has 0 spiro atoms. The molecule has 0 heterocycles. The first-order valence-electron chi connectivity index (χ1n) is 6.23. The predicted octanol–water partition coefficient (Wildman–Crippen LogP) is 3.71. The smallest absolute Gasteiger partial charge is 0.271 e. The zero-order chi connectivity index (χ0) is 15.6. The van der Waals surface area contributed by atoms with Gasteiger partial charge in [-0.25, -0.2) is 9.82 Å².